The van der Waals surface area contributed by atoms with E-state index in [1.165, 1.54) is 12.8 Å². The van der Waals surface area contributed by atoms with Crippen LogP contribution in [0.15, 0.2) is 10.9 Å². The standard InChI is InChI=1S/C12H19N3O/c1-2-10-7-11(15-12(16)14-10)6-9-4-3-5-13-8-9/h7,9,13H,2-6,8H2,1H3,(H,14,15,16). The van der Waals surface area contributed by atoms with Crippen LogP contribution in [0.4, 0.5) is 0 Å². The summed E-state index contributed by atoms with van der Waals surface area (Å²) in [6.45, 7) is 4.21. The number of nitrogens with zero attached hydrogens (tertiary/aromatic N) is 1. The fraction of sp³-hybridized carbons (Fsp3) is 0.667. The minimum Gasteiger partial charge on any atom is -0.316 e. The SMILES string of the molecule is CCc1cc(CC2CCCNC2)[nH]c(=O)n1. The first-order chi connectivity index (χ1) is 7.78. The first kappa shape index (κ1) is 11.3. The minimum absolute atomic E-state index is 0.210. The van der Waals surface area contributed by atoms with E-state index >= 15 is 0 Å². The molecule has 88 valence electrons. The summed E-state index contributed by atoms with van der Waals surface area (Å²) in [6.07, 6.45) is 4.26. The van der Waals surface area contributed by atoms with Crippen molar-refractivity contribution >= 4 is 0 Å². The highest BCUT2D eigenvalue weighted by molar-refractivity contribution is 5.09. The summed E-state index contributed by atoms with van der Waals surface area (Å²) in [5.41, 5.74) is 1.71. The molecule has 0 bridgehead atoms. The summed E-state index contributed by atoms with van der Waals surface area (Å²) in [5.74, 6) is 0.650. The van der Waals surface area contributed by atoms with E-state index in [1.54, 1.807) is 0 Å². The van der Waals surface area contributed by atoms with Gasteiger partial charge in [-0.3, -0.25) is 0 Å². The second-order valence-corrected chi connectivity index (χ2v) is 4.47. The molecule has 1 fully saturated rings. The van der Waals surface area contributed by atoms with Gasteiger partial charge >= 0.3 is 5.69 Å². The Labute approximate surface area is 95.5 Å². The fourth-order valence-corrected chi connectivity index (χ4v) is 2.27. The van der Waals surface area contributed by atoms with E-state index in [-0.39, 0.29) is 5.69 Å². The highest BCUT2D eigenvalue weighted by atomic mass is 16.1. The quantitative estimate of drug-likeness (QED) is 0.796. The van der Waals surface area contributed by atoms with Crippen LogP contribution < -0.4 is 11.0 Å². The molecule has 0 aromatic carbocycles. The summed E-state index contributed by atoms with van der Waals surface area (Å²) in [4.78, 5) is 18.1. The molecule has 2 N–H and O–H groups in total. The van der Waals surface area contributed by atoms with Crippen LogP contribution >= 0.6 is 0 Å². The van der Waals surface area contributed by atoms with Crippen molar-refractivity contribution in [3.05, 3.63) is 27.9 Å². The third-order valence-electron chi connectivity index (χ3n) is 3.12. The van der Waals surface area contributed by atoms with Gasteiger partial charge in [-0.05, 0) is 50.8 Å². The number of hydrogen-bond acceptors (Lipinski definition) is 3. The van der Waals surface area contributed by atoms with Crippen molar-refractivity contribution in [2.45, 2.75) is 32.6 Å². The Balaban J connectivity index is 2.07. The van der Waals surface area contributed by atoms with Crippen LogP contribution in [0.1, 0.15) is 31.2 Å². The molecule has 1 unspecified atom stereocenters. The molecular formula is C12H19N3O. The van der Waals surface area contributed by atoms with Crippen LogP contribution in [0.2, 0.25) is 0 Å². The Morgan fingerprint density at radius 2 is 2.44 bits per heavy atom. The maximum atomic E-state index is 11.3. The molecule has 1 aliphatic rings. The zero-order chi connectivity index (χ0) is 11.4. The molecule has 0 saturated carbocycles. The van der Waals surface area contributed by atoms with Crippen molar-refractivity contribution in [2.75, 3.05) is 13.1 Å². The van der Waals surface area contributed by atoms with Gasteiger partial charge < -0.3 is 10.3 Å². The van der Waals surface area contributed by atoms with Crippen LogP contribution in [0.3, 0.4) is 0 Å². The Morgan fingerprint density at radius 3 is 3.12 bits per heavy atom. The monoisotopic (exact) mass is 221 g/mol. The molecule has 4 nitrogen and oxygen atoms in total. The van der Waals surface area contributed by atoms with Crippen LogP contribution in [-0.4, -0.2) is 23.1 Å². The number of aromatic amines is 1. The van der Waals surface area contributed by atoms with Crippen molar-refractivity contribution in [2.24, 2.45) is 5.92 Å². The van der Waals surface area contributed by atoms with Gasteiger partial charge in [-0.2, -0.15) is 4.98 Å². The van der Waals surface area contributed by atoms with Gasteiger partial charge in [0.15, 0.2) is 0 Å². The Kier molecular flexibility index (Phi) is 3.72. The lowest BCUT2D eigenvalue weighted by Crippen LogP contribution is -2.31. The van der Waals surface area contributed by atoms with Gasteiger partial charge in [-0.25, -0.2) is 4.79 Å². The highest BCUT2D eigenvalue weighted by Gasteiger charge is 2.14. The van der Waals surface area contributed by atoms with Crippen LogP contribution in [0.25, 0.3) is 0 Å². The number of aryl methyl sites for hydroxylation is 1. The van der Waals surface area contributed by atoms with E-state index in [0.717, 1.165) is 37.3 Å². The summed E-state index contributed by atoms with van der Waals surface area (Å²) in [6, 6.07) is 2.02. The smallest absolute Gasteiger partial charge is 0.316 e. The lowest BCUT2D eigenvalue weighted by molar-refractivity contribution is 0.373. The average Bonchev–Trinajstić information content (AvgIpc) is 2.29. The molecule has 16 heavy (non-hydrogen) atoms. The van der Waals surface area contributed by atoms with Crippen molar-refractivity contribution in [3.63, 3.8) is 0 Å². The molecule has 1 atom stereocenters. The number of hydrogen-bond donors (Lipinski definition) is 2. The lowest BCUT2D eigenvalue weighted by atomic mass is 9.94. The summed E-state index contributed by atoms with van der Waals surface area (Å²) in [5, 5.41) is 3.39. The topological polar surface area (TPSA) is 57.8 Å². The van der Waals surface area contributed by atoms with Crippen LogP contribution in [0, 0.1) is 5.92 Å². The average molecular weight is 221 g/mol. The normalized spacial score (nSPS) is 20.9. The van der Waals surface area contributed by atoms with E-state index in [1.807, 2.05) is 13.0 Å². The van der Waals surface area contributed by atoms with Gasteiger partial charge in [0, 0.05) is 11.4 Å². The highest BCUT2D eigenvalue weighted by Crippen LogP contribution is 2.14. The van der Waals surface area contributed by atoms with E-state index in [0.29, 0.717) is 5.92 Å². The predicted molar refractivity (Wildman–Crippen MR) is 63.5 cm³/mol. The number of piperidine rings is 1. The lowest BCUT2D eigenvalue weighted by Gasteiger charge is -2.22. The van der Waals surface area contributed by atoms with E-state index in [2.05, 4.69) is 15.3 Å². The zero-order valence-electron chi connectivity index (χ0n) is 9.75. The summed E-state index contributed by atoms with van der Waals surface area (Å²) < 4.78 is 0. The van der Waals surface area contributed by atoms with Gasteiger partial charge in [-0.1, -0.05) is 6.92 Å². The van der Waals surface area contributed by atoms with Gasteiger partial charge in [0.1, 0.15) is 0 Å². The summed E-state index contributed by atoms with van der Waals surface area (Å²) in [7, 11) is 0. The third-order valence-corrected chi connectivity index (χ3v) is 3.12. The first-order valence-corrected chi connectivity index (χ1v) is 6.07. The van der Waals surface area contributed by atoms with Gasteiger partial charge in [0.2, 0.25) is 0 Å². The largest absolute Gasteiger partial charge is 0.345 e. The molecule has 0 aliphatic carbocycles. The van der Waals surface area contributed by atoms with Crippen LogP contribution in [0.5, 0.6) is 0 Å². The first-order valence-electron chi connectivity index (χ1n) is 6.07. The number of H-pyrrole nitrogens is 1. The third kappa shape index (κ3) is 2.92. The molecule has 0 amide bonds. The Hall–Kier alpha value is -1.16. The minimum atomic E-state index is -0.210. The van der Waals surface area contributed by atoms with E-state index < -0.39 is 0 Å². The van der Waals surface area contributed by atoms with E-state index in [9.17, 15) is 4.79 Å². The number of rotatable bonds is 3. The molecule has 1 aliphatic heterocycles. The molecule has 0 spiro atoms. The van der Waals surface area contributed by atoms with Crippen molar-refractivity contribution in [1.29, 1.82) is 0 Å². The fourth-order valence-electron chi connectivity index (χ4n) is 2.27. The van der Waals surface area contributed by atoms with Crippen molar-refractivity contribution in [3.8, 4) is 0 Å². The number of aromatic nitrogens is 2. The van der Waals surface area contributed by atoms with Gasteiger partial charge in [0.25, 0.3) is 0 Å². The zero-order valence-corrected chi connectivity index (χ0v) is 9.75. The maximum absolute atomic E-state index is 11.3. The number of nitrogens with one attached hydrogen (secondary N) is 2. The summed E-state index contributed by atoms with van der Waals surface area (Å²) >= 11 is 0. The van der Waals surface area contributed by atoms with Gasteiger partial charge in [-0.15, -0.1) is 0 Å². The molecular weight excluding hydrogens is 202 g/mol. The molecule has 0 radical (unpaired) electrons. The van der Waals surface area contributed by atoms with Gasteiger partial charge in [0.05, 0.1) is 0 Å². The van der Waals surface area contributed by atoms with Crippen molar-refractivity contribution in [1.82, 2.24) is 15.3 Å². The Morgan fingerprint density at radius 1 is 1.56 bits per heavy atom. The maximum Gasteiger partial charge on any atom is 0.345 e. The second-order valence-electron chi connectivity index (χ2n) is 4.47. The molecule has 4 heteroatoms. The second kappa shape index (κ2) is 5.25. The molecule has 1 aromatic heterocycles. The molecule has 2 rings (SSSR count). The predicted octanol–water partition coefficient (Wildman–Crippen LogP) is 0.874. The van der Waals surface area contributed by atoms with E-state index in [4.69, 9.17) is 0 Å². The molecule has 2 heterocycles. The van der Waals surface area contributed by atoms with Crippen molar-refractivity contribution < 1.29 is 0 Å². The molecule has 1 saturated heterocycles. The Bertz CT molecular complexity index is 393. The van der Waals surface area contributed by atoms with Crippen LogP contribution in [-0.2, 0) is 12.8 Å². The molecule has 1 aromatic rings.